The first-order valence-electron chi connectivity index (χ1n) is 6.92. The number of anilines is 1. The summed E-state index contributed by atoms with van der Waals surface area (Å²) >= 11 is 0. The Labute approximate surface area is 127 Å². The zero-order valence-corrected chi connectivity index (χ0v) is 12.0. The SMILES string of the molecule is Cc1ccc(F)cc1NC1=NCC(C(=O)c2ccncc2)N1. The number of guanidine groups is 1. The Morgan fingerprint density at radius 1 is 1.32 bits per heavy atom. The van der Waals surface area contributed by atoms with Crippen molar-refractivity contribution >= 4 is 17.4 Å². The number of halogens is 1. The van der Waals surface area contributed by atoms with Crippen molar-refractivity contribution in [3.05, 3.63) is 59.7 Å². The van der Waals surface area contributed by atoms with Crippen molar-refractivity contribution in [2.45, 2.75) is 13.0 Å². The molecule has 0 saturated carbocycles. The maximum Gasteiger partial charge on any atom is 0.196 e. The molecule has 22 heavy (non-hydrogen) atoms. The van der Waals surface area contributed by atoms with Gasteiger partial charge in [-0.3, -0.25) is 14.8 Å². The van der Waals surface area contributed by atoms with Crippen LogP contribution < -0.4 is 10.6 Å². The Morgan fingerprint density at radius 3 is 2.86 bits per heavy atom. The summed E-state index contributed by atoms with van der Waals surface area (Å²) in [6.07, 6.45) is 3.16. The number of rotatable bonds is 3. The largest absolute Gasteiger partial charge is 0.344 e. The highest BCUT2D eigenvalue weighted by Gasteiger charge is 2.25. The van der Waals surface area contributed by atoms with Crippen molar-refractivity contribution in [2.24, 2.45) is 4.99 Å². The van der Waals surface area contributed by atoms with Gasteiger partial charge in [0, 0.05) is 23.6 Å². The highest BCUT2D eigenvalue weighted by atomic mass is 19.1. The lowest BCUT2D eigenvalue weighted by Gasteiger charge is -2.13. The summed E-state index contributed by atoms with van der Waals surface area (Å²) in [6.45, 7) is 2.22. The Bertz CT molecular complexity index is 730. The summed E-state index contributed by atoms with van der Waals surface area (Å²) in [6, 6.07) is 7.42. The second kappa shape index (κ2) is 5.93. The Kier molecular flexibility index (Phi) is 3.82. The van der Waals surface area contributed by atoms with E-state index in [0.29, 0.717) is 23.8 Å². The summed E-state index contributed by atoms with van der Waals surface area (Å²) < 4.78 is 13.3. The average molecular weight is 298 g/mol. The van der Waals surface area contributed by atoms with Crippen LogP contribution in [0, 0.1) is 12.7 Å². The van der Waals surface area contributed by atoms with E-state index in [0.717, 1.165) is 5.56 Å². The van der Waals surface area contributed by atoms with E-state index in [1.54, 1.807) is 30.6 Å². The summed E-state index contributed by atoms with van der Waals surface area (Å²) in [5.41, 5.74) is 2.11. The third-order valence-electron chi connectivity index (χ3n) is 3.48. The van der Waals surface area contributed by atoms with E-state index in [1.807, 2.05) is 6.92 Å². The van der Waals surface area contributed by atoms with Crippen LogP contribution in [-0.4, -0.2) is 29.3 Å². The molecule has 0 bridgehead atoms. The van der Waals surface area contributed by atoms with E-state index in [4.69, 9.17) is 0 Å². The number of aromatic nitrogens is 1. The average Bonchev–Trinajstić information content (AvgIpc) is 2.99. The maximum atomic E-state index is 13.3. The summed E-state index contributed by atoms with van der Waals surface area (Å²) in [7, 11) is 0. The van der Waals surface area contributed by atoms with Gasteiger partial charge in [-0.25, -0.2) is 4.39 Å². The van der Waals surface area contributed by atoms with Gasteiger partial charge in [0.15, 0.2) is 11.7 Å². The molecule has 0 amide bonds. The molecular formula is C16H15FN4O. The van der Waals surface area contributed by atoms with Crippen molar-refractivity contribution in [2.75, 3.05) is 11.9 Å². The van der Waals surface area contributed by atoms with Gasteiger partial charge < -0.3 is 10.6 Å². The fourth-order valence-corrected chi connectivity index (χ4v) is 2.24. The van der Waals surface area contributed by atoms with Crippen LogP contribution >= 0.6 is 0 Å². The Morgan fingerprint density at radius 2 is 2.09 bits per heavy atom. The number of nitrogens with zero attached hydrogens (tertiary/aromatic N) is 2. The van der Waals surface area contributed by atoms with Gasteiger partial charge in [-0.05, 0) is 36.8 Å². The molecule has 0 aliphatic carbocycles. The van der Waals surface area contributed by atoms with Crippen LogP contribution in [0.2, 0.25) is 0 Å². The fraction of sp³-hybridized carbons (Fsp3) is 0.188. The lowest BCUT2D eigenvalue weighted by atomic mass is 10.1. The fourth-order valence-electron chi connectivity index (χ4n) is 2.24. The Balaban J connectivity index is 1.67. The lowest BCUT2D eigenvalue weighted by Crippen LogP contribution is -2.40. The first-order chi connectivity index (χ1) is 10.6. The van der Waals surface area contributed by atoms with Crippen LogP contribution in [0.5, 0.6) is 0 Å². The molecule has 0 fully saturated rings. The minimum absolute atomic E-state index is 0.0427. The molecule has 1 aromatic carbocycles. The minimum atomic E-state index is -0.418. The molecule has 1 aromatic heterocycles. The van der Waals surface area contributed by atoms with E-state index in [1.165, 1.54) is 12.1 Å². The van der Waals surface area contributed by atoms with Crippen LogP contribution in [-0.2, 0) is 0 Å². The number of hydrogen-bond acceptors (Lipinski definition) is 5. The molecule has 0 saturated heterocycles. The number of pyridine rings is 1. The van der Waals surface area contributed by atoms with Gasteiger partial charge in [-0.15, -0.1) is 0 Å². The number of benzene rings is 1. The molecule has 0 radical (unpaired) electrons. The molecular weight excluding hydrogens is 283 g/mol. The predicted molar refractivity (Wildman–Crippen MR) is 82.6 cm³/mol. The van der Waals surface area contributed by atoms with Crippen molar-refractivity contribution in [3.63, 3.8) is 0 Å². The highest BCUT2D eigenvalue weighted by Crippen LogP contribution is 2.17. The molecule has 1 aliphatic heterocycles. The zero-order valence-electron chi connectivity index (χ0n) is 12.0. The van der Waals surface area contributed by atoms with Gasteiger partial charge >= 0.3 is 0 Å². The first-order valence-corrected chi connectivity index (χ1v) is 6.92. The molecule has 1 unspecified atom stereocenters. The van der Waals surface area contributed by atoms with Crippen molar-refractivity contribution in [1.82, 2.24) is 10.3 Å². The number of hydrogen-bond donors (Lipinski definition) is 2. The van der Waals surface area contributed by atoms with Crippen LogP contribution in [0.4, 0.5) is 10.1 Å². The molecule has 1 atom stereocenters. The third kappa shape index (κ3) is 2.95. The van der Waals surface area contributed by atoms with Crippen molar-refractivity contribution in [3.8, 4) is 0 Å². The first kappa shape index (κ1) is 14.2. The Hall–Kier alpha value is -2.76. The van der Waals surface area contributed by atoms with Gasteiger partial charge in [-0.2, -0.15) is 0 Å². The van der Waals surface area contributed by atoms with Crippen molar-refractivity contribution < 1.29 is 9.18 Å². The highest BCUT2D eigenvalue weighted by molar-refractivity contribution is 6.06. The summed E-state index contributed by atoms with van der Waals surface area (Å²) in [5, 5.41) is 6.05. The molecule has 1 aliphatic rings. The van der Waals surface area contributed by atoms with E-state index in [-0.39, 0.29) is 11.6 Å². The lowest BCUT2D eigenvalue weighted by molar-refractivity contribution is 0.0959. The van der Waals surface area contributed by atoms with Crippen LogP contribution in [0.1, 0.15) is 15.9 Å². The van der Waals surface area contributed by atoms with Crippen LogP contribution in [0.3, 0.4) is 0 Å². The molecule has 2 heterocycles. The third-order valence-corrected chi connectivity index (χ3v) is 3.48. The second-order valence-corrected chi connectivity index (χ2v) is 5.07. The monoisotopic (exact) mass is 298 g/mol. The number of carbonyl (C=O) groups excluding carboxylic acids is 1. The van der Waals surface area contributed by atoms with Gasteiger partial charge in [0.25, 0.3) is 0 Å². The number of aryl methyl sites for hydroxylation is 1. The standard InChI is InChI=1S/C16H15FN4O/c1-10-2-3-12(17)8-13(10)20-16-19-9-14(21-16)15(22)11-4-6-18-7-5-11/h2-8,14H,9H2,1H3,(H2,19,20,21). The molecule has 2 aromatic rings. The van der Waals surface area contributed by atoms with E-state index >= 15 is 0 Å². The topological polar surface area (TPSA) is 66.4 Å². The number of carbonyl (C=O) groups is 1. The van der Waals surface area contributed by atoms with E-state index in [2.05, 4.69) is 20.6 Å². The van der Waals surface area contributed by atoms with Gasteiger partial charge in [0.05, 0.1) is 6.54 Å². The molecule has 112 valence electrons. The molecule has 0 spiro atoms. The van der Waals surface area contributed by atoms with Crippen molar-refractivity contribution in [1.29, 1.82) is 0 Å². The summed E-state index contributed by atoms with van der Waals surface area (Å²) in [4.78, 5) is 20.5. The predicted octanol–water partition coefficient (Wildman–Crippen LogP) is 2.15. The normalized spacial score (nSPS) is 16.8. The molecule has 3 rings (SSSR count). The van der Waals surface area contributed by atoms with Gasteiger partial charge in [0.1, 0.15) is 11.9 Å². The number of nitrogens with one attached hydrogen (secondary N) is 2. The molecule has 2 N–H and O–H groups in total. The van der Waals surface area contributed by atoms with E-state index in [9.17, 15) is 9.18 Å². The zero-order chi connectivity index (χ0) is 15.5. The maximum absolute atomic E-state index is 13.3. The molecule has 5 nitrogen and oxygen atoms in total. The number of ketones is 1. The van der Waals surface area contributed by atoms with Crippen LogP contribution in [0.25, 0.3) is 0 Å². The quantitative estimate of drug-likeness (QED) is 0.852. The minimum Gasteiger partial charge on any atom is -0.344 e. The van der Waals surface area contributed by atoms with Gasteiger partial charge in [-0.1, -0.05) is 6.07 Å². The smallest absolute Gasteiger partial charge is 0.196 e. The number of Topliss-reactive ketones (excluding diaryl/α,β-unsaturated/α-hetero) is 1. The van der Waals surface area contributed by atoms with Crippen LogP contribution in [0.15, 0.2) is 47.7 Å². The van der Waals surface area contributed by atoms with Gasteiger partial charge in [0.2, 0.25) is 0 Å². The molecule has 6 heteroatoms. The second-order valence-electron chi connectivity index (χ2n) is 5.07. The number of aliphatic imine (C=N–C) groups is 1. The summed E-state index contributed by atoms with van der Waals surface area (Å²) in [5.74, 6) is 0.108. The van der Waals surface area contributed by atoms with E-state index < -0.39 is 6.04 Å².